The van der Waals surface area contributed by atoms with Crippen LogP contribution in [0.5, 0.6) is 0 Å². The van der Waals surface area contributed by atoms with Gasteiger partial charge in [-0.05, 0) is 40.6 Å². The summed E-state index contributed by atoms with van der Waals surface area (Å²) >= 11 is 2.31. The molecule has 0 fully saturated rings. The van der Waals surface area contributed by atoms with Crippen LogP contribution in [0.4, 0.5) is 0 Å². The van der Waals surface area contributed by atoms with Crippen LogP contribution in [0.3, 0.4) is 0 Å². The Bertz CT molecular complexity index is 294. The molecule has 0 aliphatic carbocycles. The molecule has 1 aromatic rings. The summed E-state index contributed by atoms with van der Waals surface area (Å²) in [5, 5.41) is 0. The fourth-order valence-electron chi connectivity index (χ4n) is 1.33. The molecule has 0 spiro atoms. The molecule has 84 valence electrons. The van der Waals surface area contributed by atoms with Crippen molar-refractivity contribution in [2.24, 2.45) is 5.84 Å². The lowest BCUT2D eigenvalue weighted by atomic mass is 10.1. The predicted molar refractivity (Wildman–Crippen MR) is 70.3 cm³/mol. The summed E-state index contributed by atoms with van der Waals surface area (Å²) < 4.78 is 6.71. The van der Waals surface area contributed by atoms with Crippen LogP contribution in [0.2, 0.25) is 0 Å². The number of halogens is 1. The Morgan fingerprint density at radius 3 is 2.80 bits per heavy atom. The van der Waals surface area contributed by atoms with Gasteiger partial charge in [0.05, 0.1) is 12.6 Å². The molecule has 0 amide bonds. The van der Waals surface area contributed by atoms with Crippen molar-refractivity contribution in [3.63, 3.8) is 0 Å². The van der Waals surface area contributed by atoms with Gasteiger partial charge in [-0.1, -0.05) is 25.1 Å². The Hall–Kier alpha value is -0.170. The monoisotopic (exact) mass is 320 g/mol. The van der Waals surface area contributed by atoms with Gasteiger partial charge in [0.25, 0.3) is 0 Å². The van der Waals surface area contributed by atoms with Crippen molar-refractivity contribution in [3.05, 3.63) is 33.4 Å². The van der Waals surface area contributed by atoms with Crippen LogP contribution in [0.1, 0.15) is 24.9 Å². The van der Waals surface area contributed by atoms with Crippen molar-refractivity contribution in [1.29, 1.82) is 0 Å². The molecular weight excluding hydrogens is 303 g/mol. The first-order valence-electron chi connectivity index (χ1n) is 5.08. The average Bonchev–Trinajstić information content (AvgIpc) is 2.26. The van der Waals surface area contributed by atoms with E-state index in [4.69, 9.17) is 10.6 Å². The van der Waals surface area contributed by atoms with E-state index in [1.807, 2.05) is 12.1 Å². The van der Waals surface area contributed by atoms with Crippen molar-refractivity contribution in [1.82, 2.24) is 5.43 Å². The molecule has 0 bridgehead atoms. The third-order valence-corrected chi connectivity index (χ3v) is 3.10. The van der Waals surface area contributed by atoms with Crippen molar-refractivity contribution in [2.45, 2.75) is 19.4 Å². The van der Waals surface area contributed by atoms with E-state index < -0.39 is 0 Å². The van der Waals surface area contributed by atoms with Gasteiger partial charge in [0.1, 0.15) is 0 Å². The zero-order valence-electron chi connectivity index (χ0n) is 8.87. The van der Waals surface area contributed by atoms with Crippen LogP contribution >= 0.6 is 22.6 Å². The van der Waals surface area contributed by atoms with Crippen LogP contribution in [-0.4, -0.2) is 13.2 Å². The van der Waals surface area contributed by atoms with E-state index in [1.165, 1.54) is 9.13 Å². The maximum Gasteiger partial charge on any atom is 0.0704 e. The Morgan fingerprint density at radius 1 is 1.47 bits per heavy atom. The number of benzene rings is 1. The van der Waals surface area contributed by atoms with Gasteiger partial charge >= 0.3 is 0 Å². The van der Waals surface area contributed by atoms with Crippen LogP contribution in [0, 0.1) is 3.57 Å². The number of hydrazine groups is 1. The van der Waals surface area contributed by atoms with Gasteiger partial charge in [0.15, 0.2) is 0 Å². The van der Waals surface area contributed by atoms with E-state index in [-0.39, 0.29) is 6.04 Å². The van der Waals surface area contributed by atoms with Crippen molar-refractivity contribution >= 4 is 22.6 Å². The van der Waals surface area contributed by atoms with E-state index in [1.54, 1.807) is 0 Å². The minimum atomic E-state index is 0.0737. The Kier molecular flexibility index (Phi) is 6.16. The molecule has 4 heteroatoms. The van der Waals surface area contributed by atoms with Crippen molar-refractivity contribution in [2.75, 3.05) is 13.2 Å². The highest BCUT2D eigenvalue weighted by Gasteiger charge is 2.11. The summed E-state index contributed by atoms with van der Waals surface area (Å²) in [5.74, 6) is 5.52. The first kappa shape index (κ1) is 12.9. The molecular formula is C11H17IN2O. The molecule has 0 aliphatic heterocycles. The third kappa shape index (κ3) is 4.06. The van der Waals surface area contributed by atoms with Gasteiger partial charge in [-0.25, -0.2) is 0 Å². The summed E-state index contributed by atoms with van der Waals surface area (Å²) in [7, 11) is 0. The van der Waals surface area contributed by atoms with E-state index in [9.17, 15) is 0 Å². The average molecular weight is 320 g/mol. The van der Waals surface area contributed by atoms with Gasteiger partial charge in [-0.15, -0.1) is 0 Å². The molecule has 3 nitrogen and oxygen atoms in total. The van der Waals surface area contributed by atoms with Crippen molar-refractivity contribution in [3.8, 4) is 0 Å². The molecule has 0 aliphatic rings. The highest BCUT2D eigenvalue weighted by molar-refractivity contribution is 14.1. The number of nitrogens with one attached hydrogen (secondary N) is 1. The highest BCUT2D eigenvalue weighted by Crippen LogP contribution is 2.19. The Labute approximate surface area is 104 Å². The zero-order valence-corrected chi connectivity index (χ0v) is 11.0. The molecule has 1 atom stereocenters. The first-order chi connectivity index (χ1) is 7.29. The lowest BCUT2D eigenvalue weighted by Crippen LogP contribution is -2.32. The third-order valence-electron chi connectivity index (χ3n) is 2.11. The van der Waals surface area contributed by atoms with Crippen LogP contribution in [0.15, 0.2) is 24.3 Å². The van der Waals surface area contributed by atoms with Gasteiger partial charge < -0.3 is 4.74 Å². The minimum Gasteiger partial charge on any atom is -0.379 e. The molecule has 1 unspecified atom stereocenters. The first-order valence-corrected chi connectivity index (χ1v) is 6.15. The molecule has 0 saturated carbocycles. The molecule has 15 heavy (non-hydrogen) atoms. The predicted octanol–water partition coefficient (Wildman–Crippen LogP) is 2.22. The lowest BCUT2D eigenvalue weighted by Gasteiger charge is -2.17. The normalized spacial score (nSPS) is 12.7. The molecule has 0 heterocycles. The van der Waals surface area contributed by atoms with E-state index in [2.05, 4.69) is 47.1 Å². The smallest absolute Gasteiger partial charge is 0.0704 e. The summed E-state index contributed by atoms with van der Waals surface area (Å²) in [4.78, 5) is 0. The summed E-state index contributed by atoms with van der Waals surface area (Å²) in [6.07, 6.45) is 1.03. The number of nitrogens with two attached hydrogens (primary N) is 1. The van der Waals surface area contributed by atoms with Gasteiger partial charge in [-0.3, -0.25) is 11.3 Å². The lowest BCUT2D eigenvalue weighted by molar-refractivity contribution is 0.112. The fourth-order valence-corrected chi connectivity index (χ4v) is 2.09. The van der Waals surface area contributed by atoms with E-state index >= 15 is 0 Å². The van der Waals surface area contributed by atoms with Crippen LogP contribution < -0.4 is 11.3 Å². The zero-order chi connectivity index (χ0) is 11.1. The standard InChI is InChI=1S/C11H17IN2O/c1-2-7-15-8-11(14-13)9-5-3-4-6-10(9)12/h3-6,11,14H,2,7-8,13H2,1H3. The largest absolute Gasteiger partial charge is 0.379 e. The molecule has 1 rings (SSSR count). The number of hydrogen-bond acceptors (Lipinski definition) is 3. The quantitative estimate of drug-likeness (QED) is 0.366. The maximum atomic E-state index is 5.52. The second-order valence-electron chi connectivity index (χ2n) is 3.32. The Morgan fingerprint density at radius 2 is 2.20 bits per heavy atom. The van der Waals surface area contributed by atoms with Crippen molar-refractivity contribution < 1.29 is 4.74 Å². The molecule has 1 aromatic carbocycles. The fraction of sp³-hybridized carbons (Fsp3) is 0.455. The van der Waals surface area contributed by atoms with Gasteiger partial charge in [0.2, 0.25) is 0 Å². The number of ether oxygens (including phenoxy) is 1. The van der Waals surface area contributed by atoms with Gasteiger partial charge in [-0.2, -0.15) is 0 Å². The Balaban J connectivity index is 2.61. The molecule has 0 aromatic heterocycles. The summed E-state index contributed by atoms with van der Waals surface area (Å²) in [6.45, 7) is 3.49. The highest BCUT2D eigenvalue weighted by atomic mass is 127. The van der Waals surface area contributed by atoms with E-state index in [0.29, 0.717) is 6.61 Å². The van der Waals surface area contributed by atoms with E-state index in [0.717, 1.165) is 13.0 Å². The minimum absolute atomic E-state index is 0.0737. The van der Waals surface area contributed by atoms with Crippen LogP contribution in [-0.2, 0) is 4.74 Å². The number of hydrogen-bond donors (Lipinski definition) is 2. The topological polar surface area (TPSA) is 47.3 Å². The molecule has 0 radical (unpaired) electrons. The SMILES string of the molecule is CCCOCC(NN)c1ccccc1I. The number of rotatable bonds is 6. The second-order valence-corrected chi connectivity index (χ2v) is 4.48. The van der Waals surface area contributed by atoms with Gasteiger partial charge in [0, 0.05) is 10.2 Å². The molecule has 3 N–H and O–H groups in total. The second kappa shape index (κ2) is 7.16. The molecule has 0 saturated heterocycles. The maximum absolute atomic E-state index is 5.52. The summed E-state index contributed by atoms with van der Waals surface area (Å²) in [5.41, 5.74) is 3.98. The van der Waals surface area contributed by atoms with Crippen LogP contribution in [0.25, 0.3) is 0 Å². The summed E-state index contributed by atoms with van der Waals surface area (Å²) in [6, 6.07) is 8.25.